The average Bonchev–Trinajstić information content (AvgIpc) is 2.71. The van der Waals surface area contributed by atoms with Crippen LogP contribution in [0.4, 0.5) is 4.79 Å². The molecule has 0 spiro atoms. The first kappa shape index (κ1) is 11.4. The Hall–Kier alpha value is -2.12. The molecule has 0 unspecified atom stereocenters. The minimum Gasteiger partial charge on any atom is -0.481 e. The average molecular weight is 239 g/mol. The predicted molar refractivity (Wildman–Crippen MR) is 55.9 cm³/mol. The maximum Gasteiger partial charge on any atom is 0.317 e. The van der Waals surface area contributed by atoms with Gasteiger partial charge in [0.05, 0.1) is 13.0 Å². The lowest BCUT2D eigenvalue weighted by Gasteiger charge is -2.38. The second-order valence-electron chi connectivity index (χ2n) is 3.96. The molecule has 8 nitrogen and oxygen atoms in total. The van der Waals surface area contributed by atoms with Crippen LogP contribution >= 0.6 is 0 Å². The number of nitrogens with one attached hydrogen (secondary N) is 2. The summed E-state index contributed by atoms with van der Waals surface area (Å²) in [7, 11) is 0. The van der Waals surface area contributed by atoms with Crippen LogP contribution in [0.15, 0.2) is 6.33 Å². The van der Waals surface area contributed by atoms with Crippen LogP contribution in [-0.2, 0) is 11.3 Å². The third-order valence-electron chi connectivity index (χ3n) is 2.58. The van der Waals surface area contributed by atoms with Gasteiger partial charge in [0.1, 0.15) is 12.2 Å². The number of nitrogens with zero attached hydrogens (tertiary/aromatic N) is 3. The lowest BCUT2D eigenvalue weighted by atomic mass is 9.97. The van der Waals surface area contributed by atoms with E-state index in [1.807, 2.05) is 0 Å². The zero-order chi connectivity index (χ0) is 12.3. The van der Waals surface area contributed by atoms with Crippen LogP contribution in [0.25, 0.3) is 0 Å². The van der Waals surface area contributed by atoms with Crippen LogP contribution < -0.4 is 5.32 Å². The molecule has 2 amide bonds. The number of rotatable bonds is 4. The summed E-state index contributed by atoms with van der Waals surface area (Å²) in [6, 6.07) is -0.206. The van der Waals surface area contributed by atoms with Gasteiger partial charge in [0.2, 0.25) is 0 Å². The van der Waals surface area contributed by atoms with Gasteiger partial charge in [-0.1, -0.05) is 0 Å². The number of aromatic nitrogens is 3. The number of aliphatic carboxylic acids is 1. The Morgan fingerprint density at radius 3 is 2.94 bits per heavy atom. The van der Waals surface area contributed by atoms with E-state index < -0.39 is 5.97 Å². The normalized spacial score (nSPS) is 15.4. The van der Waals surface area contributed by atoms with Gasteiger partial charge in [-0.15, -0.1) is 0 Å². The van der Waals surface area contributed by atoms with E-state index in [1.54, 1.807) is 4.90 Å². The molecule has 1 aromatic rings. The number of hydrogen-bond acceptors (Lipinski definition) is 4. The molecule has 0 aromatic carbocycles. The molecule has 1 aromatic heterocycles. The van der Waals surface area contributed by atoms with Crippen molar-refractivity contribution in [2.75, 3.05) is 13.1 Å². The summed E-state index contributed by atoms with van der Waals surface area (Å²) >= 11 is 0. The Kier molecular flexibility index (Phi) is 3.22. The van der Waals surface area contributed by atoms with Gasteiger partial charge in [0, 0.05) is 19.0 Å². The predicted octanol–water partition coefficient (Wildman–Crippen LogP) is -0.579. The molecular formula is C9H13N5O3. The number of carbonyl (C=O) groups is 2. The topological polar surface area (TPSA) is 111 Å². The molecule has 0 bridgehead atoms. The first-order chi connectivity index (χ1) is 8.15. The zero-order valence-corrected chi connectivity index (χ0v) is 9.09. The maximum atomic E-state index is 11.6. The summed E-state index contributed by atoms with van der Waals surface area (Å²) in [6.45, 7) is 1.28. The maximum absolute atomic E-state index is 11.6. The molecule has 0 atom stereocenters. The molecule has 92 valence electrons. The highest BCUT2D eigenvalue weighted by molar-refractivity contribution is 5.75. The Morgan fingerprint density at radius 2 is 2.35 bits per heavy atom. The second kappa shape index (κ2) is 4.81. The molecule has 1 saturated heterocycles. The fraction of sp³-hybridized carbons (Fsp3) is 0.556. The van der Waals surface area contributed by atoms with E-state index >= 15 is 0 Å². The van der Waals surface area contributed by atoms with E-state index in [9.17, 15) is 9.59 Å². The van der Waals surface area contributed by atoms with Crippen molar-refractivity contribution in [1.82, 2.24) is 25.4 Å². The molecule has 8 heteroatoms. The van der Waals surface area contributed by atoms with Crippen molar-refractivity contribution >= 4 is 12.0 Å². The summed E-state index contributed by atoms with van der Waals surface area (Å²) in [5.41, 5.74) is 0. The van der Waals surface area contributed by atoms with Crippen LogP contribution in [-0.4, -0.2) is 50.3 Å². The number of carboxylic acid groups (broad SMARTS) is 1. The van der Waals surface area contributed by atoms with Gasteiger partial charge >= 0.3 is 12.0 Å². The fourth-order valence-corrected chi connectivity index (χ4v) is 1.70. The molecule has 2 heterocycles. The Balaban J connectivity index is 1.67. The van der Waals surface area contributed by atoms with Crippen molar-refractivity contribution in [2.24, 2.45) is 5.92 Å². The second-order valence-corrected chi connectivity index (χ2v) is 3.96. The molecule has 3 N–H and O–H groups in total. The van der Waals surface area contributed by atoms with E-state index in [1.165, 1.54) is 6.33 Å². The largest absolute Gasteiger partial charge is 0.481 e. The van der Waals surface area contributed by atoms with Gasteiger partial charge in [-0.3, -0.25) is 9.89 Å². The van der Waals surface area contributed by atoms with E-state index in [2.05, 4.69) is 20.5 Å². The number of urea groups is 1. The number of amides is 2. The SMILES string of the molecule is O=C(O)CC1CN(C(=O)NCc2ncn[nH]2)C1. The summed E-state index contributed by atoms with van der Waals surface area (Å²) in [4.78, 5) is 27.4. The molecular weight excluding hydrogens is 226 g/mol. The molecule has 1 fully saturated rings. The van der Waals surface area contributed by atoms with E-state index in [-0.39, 0.29) is 18.4 Å². The van der Waals surface area contributed by atoms with E-state index in [0.29, 0.717) is 25.5 Å². The van der Waals surface area contributed by atoms with Crippen molar-refractivity contribution in [3.8, 4) is 0 Å². The van der Waals surface area contributed by atoms with Crippen molar-refractivity contribution in [3.05, 3.63) is 12.2 Å². The summed E-state index contributed by atoms with van der Waals surface area (Å²) in [6.07, 6.45) is 1.49. The molecule has 17 heavy (non-hydrogen) atoms. The van der Waals surface area contributed by atoms with Gasteiger partial charge in [-0.2, -0.15) is 5.10 Å². The van der Waals surface area contributed by atoms with Gasteiger partial charge in [-0.25, -0.2) is 9.78 Å². The number of likely N-dealkylation sites (tertiary alicyclic amines) is 1. The van der Waals surface area contributed by atoms with Gasteiger partial charge < -0.3 is 15.3 Å². The smallest absolute Gasteiger partial charge is 0.317 e. The third kappa shape index (κ3) is 2.92. The van der Waals surface area contributed by atoms with Gasteiger partial charge in [0.25, 0.3) is 0 Å². The van der Waals surface area contributed by atoms with Crippen molar-refractivity contribution in [1.29, 1.82) is 0 Å². The molecule has 1 aliphatic heterocycles. The Morgan fingerprint density at radius 1 is 1.59 bits per heavy atom. The van der Waals surface area contributed by atoms with Crippen LogP contribution in [0.2, 0.25) is 0 Å². The minimum atomic E-state index is -0.822. The van der Waals surface area contributed by atoms with Crippen molar-refractivity contribution in [2.45, 2.75) is 13.0 Å². The summed E-state index contributed by atoms with van der Waals surface area (Å²) in [5, 5.41) is 17.5. The highest BCUT2D eigenvalue weighted by atomic mass is 16.4. The minimum absolute atomic E-state index is 0.0727. The van der Waals surface area contributed by atoms with Crippen molar-refractivity contribution in [3.63, 3.8) is 0 Å². The van der Waals surface area contributed by atoms with Gasteiger partial charge in [0.15, 0.2) is 0 Å². The molecule has 2 rings (SSSR count). The quantitative estimate of drug-likeness (QED) is 0.651. The lowest BCUT2D eigenvalue weighted by molar-refractivity contribution is -0.139. The monoisotopic (exact) mass is 239 g/mol. The first-order valence-corrected chi connectivity index (χ1v) is 5.24. The van der Waals surface area contributed by atoms with Crippen LogP contribution in [0.5, 0.6) is 0 Å². The lowest BCUT2D eigenvalue weighted by Crippen LogP contribution is -2.54. The Bertz CT molecular complexity index is 399. The third-order valence-corrected chi connectivity index (χ3v) is 2.58. The highest BCUT2D eigenvalue weighted by Crippen LogP contribution is 2.18. The number of carboxylic acids is 1. The molecule has 1 aliphatic rings. The first-order valence-electron chi connectivity index (χ1n) is 5.24. The molecule has 0 radical (unpaired) electrons. The summed E-state index contributed by atoms with van der Waals surface area (Å²) < 4.78 is 0. The fourth-order valence-electron chi connectivity index (χ4n) is 1.70. The van der Waals surface area contributed by atoms with Crippen LogP contribution in [0.3, 0.4) is 0 Å². The number of carbonyl (C=O) groups excluding carboxylic acids is 1. The Labute approximate surface area is 97.0 Å². The number of H-pyrrole nitrogens is 1. The number of hydrogen-bond donors (Lipinski definition) is 3. The van der Waals surface area contributed by atoms with Crippen molar-refractivity contribution < 1.29 is 14.7 Å². The molecule has 0 aliphatic carbocycles. The highest BCUT2D eigenvalue weighted by Gasteiger charge is 2.31. The standard InChI is InChI=1S/C9H13N5O3/c15-8(16)1-6-3-14(4-6)9(17)10-2-7-11-5-12-13-7/h5-6H,1-4H2,(H,10,17)(H,15,16)(H,11,12,13). The summed E-state index contributed by atoms with van der Waals surface area (Å²) in [5.74, 6) is -0.166. The van der Waals surface area contributed by atoms with E-state index in [0.717, 1.165) is 0 Å². The number of aromatic amines is 1. The van der Waals surface area contributed by atoms with Gasteiger partial charge in [-0.05, 0) is 0 Å². The van der Waals surface area contributed by atoms with Crippen LogP contribution in [0.1, 0.15) is 12.2 Å². The molecule has 0 saturated carbocycles. The zero-order valence-electron chi connectivity index (χ0n) is 9.09. The van der Waals surface area contributed by atoms with Crippen LogP contribution in [0, 0.1) is 5.92 Å². The van der Waals surface area contributed by atoms with E-state index in [4.69, 9.17) is 5.11 Å².